The average molecular weight is 281 g/mol. The van der Waals surface area contributed by atoms with Gasteiger partial charge >= 0.3 is 0 Å². The third kappa shape index (κ3) is 3.93. The number of benzene rings is 1. The van der Waals surface area contributed by atoms with Crippen LogP contribution in [0.15, 0.2) is 18.2 Å². The summed E-state index contributed by atoms with van der Waals surface area (Å²) in [6.07, 6.45) is 2.04. The minimum atomic E-state index is -0.207. The van der Waals surface area contributed by atoms with Crippen molar-refractivity contribution in [1.82, 2.24) is 5.32 Å². The molecule has 2 atom stereocenters. The fourth-order valence-corrected chi connectivity index (χ4v) is 2.45. The van der Waals surface area contributed by atoms with Crippen molar-refractivity contribution >= 4 is 0 Å². The Morgan fingerprint density at radius 3 is 3.05 bits per heavy atom. The van der Waals surface area contributed by atoms with Crippen molar-refractivity contribution < 1.29 is 13.9 Å². The van der Waals surface area contributed by atoms with Crippen molar-refractivity contribution in [1.29, 1.82) is 0 Å². The van der Waals surface area contributed by atoms with Crippen LogP contribution in [0, 0.1) is 11.7 Å². The minimum Gasteiger partial charge on any atom is -0.493 e. The van der Waals surface area contributed by atoms with Gasteiger partial charge in [0.15, 0.2) is 0 Å². The summed E-state index contributed by atoms with van der Waals surface area (Å²) in [7, 11) is 0. The van der Waals surface area contributed by atoms with E-state index in [1.54, 1.807) is 6.07 Å². The van der Waals surface area contributed by atoms with Crippen LogP contribution in [0.25, 0.3) is 0 Å². The molecular formula is C16H24FNO2. The second kappa shape index (κ2) is 7.60. The van der Waals surface area contributed by atoms with Crippen molar-refractivity contribution in [3.8, 4) is 5.75 Å². The van der Waals surface area contributed by atoms with E-state index in [0.717, 1.165) is 32.6 Å². The number of nitrogens with one attached hydrogen (secondary N) is 1. The van der Waals surface area contributed by atoms with Crippen LogP contribution in [-0.4, -0.2) is 26.4 Å². The highest BCUT2D eigenvalue weighted by Crippen LogP contribution is 2.28. The van der Waals surface area contributed by atoms with Gasteiger partial charge in [0.05, 0.1) is 13.2 Å². The van der Waals surface area contributed by atoms with Gasteiger partial charge in [0.1, 0.15) is 11.6 Å². The monoisotopic (exact) mass is 281 g/mol. The largest absolute Gasteiger partial charge is 0.493 e. The van der Waals surface area contributed by atoms with E-state index in [1.807, 2.05) is 13.0 Å². The molecule has 2 rings (SSSR count). The maximum Gasteiger partial charge on any atom is 0.131 e. The molecule has 1 aromatic carbocycles. The third-order valence-corrected chi connectivity index (χ3v) is 3.64. The van der Waals surface area contributed by atoms with Gasteiger partial charge < -0.3 is 14.8 Å². The molecule has 0 aliphatic carbocycles. The van der Waals surface area contributed by atoms with Gasteiger partial charge in [0.25, 0.3) is 0 Å². The molecule has 20 heavy (non-hydrogen) atoms. The number of halogens is 1. The molecule has 0 spiro atoms. The number of hydrogen-bond donors (Lipinski definition) is 1. The molecule has 0 saturated carbocycles. The molecule has 4 heteroatoms. The van der Waals surface area contributed by atoms with Crippen LogP contribution < -0.4 is 10.1 Å². The molecule has 1 saturated heterocycles. The van der Waals surface area contributed by atoms with Crippen molar-refractivity contribution in [3.63, 3.8) is 0 Å². The molecule has 1 aromatic rings. The van der Waals surface area contributed by atoms with Crippen molar-refractivity contribution in [2.75, 3.05) is 26.4 Å². The van der Waals surface area contributed by atoms with Crippen LogP contribution >= 0.6 is 0 Å². The van der Waals surface area contributed by atoms with Gasteiger partial charge in [-0.1, -0.05) is 13.0 Å². The maximum atomic E-state index is 14.1. The highest BCUT2D eigenvalue weighted by molar-refractivity contribution is 5.37. The van der Waals surface area contributed by atoms with Gasteiger partial charge in [0, 0.05) is 24.1 Å². The van der Waals surface area contributed by atoms with E-state index in [4.69, 9.17) is 9.47 Å². The van der Waals surface area contributed by atoms with Crippen molar-refractivity contribution in [2.45, 2.75) is 32.7 Å². The summed E-state index contributed by atoms with van der Waals surface area (Å²) in [5, 5.41) is 3.31. The van der Waals surface area contributed by atoms with Gasteiger partial charge in [0.2, 0.25) is 0 Å². The predicted molar refractivity (Wildman–Crippen MR) is 77.5 cm³/mol. The Kier molecular flexibility index (Phi) is 5.80. The Morgan fingerprint density at radius 1 is 1.50 bits per heavy atom. The first-order chi connectivity index (χ1) is 9.72. The molecule has 3 nitrogen and oxygen atoms in total. The quantitative estimate of drug-likeness (QED) is 0.832. The van der Waals surface area contributed by atoms with Gasteiger partial charge in [-0.15, -0.1) is 0 Å². The van der Waals surface area contributed by atoms with Crippen LogP contribution in [-0.2, 0) is 4.74 Å². The molecule has 0 bridgehead atoms. The molecule has 1 heterocycles. The number of rotatable bonds is 7. The predicted octanol–water partition coefficient (Wildman–Crippen LogP) is 3.30. The van der Waals surface area contributed by atoms with Crippen LogP contribution in [0.4, 0.5) is 4.39 Å². The van der Waals surface area contributed by atoms with Gasteiger partial charge in [-0.3, -0.25) is 0 Å². The Bertz CT molecular complexity index is 419. The smallest absolute Gasteiger partial charge is 0.131 e. The summed E-state index contributed by atoms with van der Waals surface area (Å²) in [5.74, 6) is 0.860. The second-order valence-electron chi connectivity index (χ2n) is 5.37. The van der Waals surface area contributed by atoms with Crippen molar-refractivity contribution in [3.05, 3.63) is 29.6 Å². The Labute approximate surface area is 120 Å². The standard InChI is InChI=1S/C16H24FNO2/c1-3-8-18-12(2)16-14(17)5-4-6-15(16)20-11-13-7-9-19-10-13/h4-6,12-13,18H,3,7-11H2,1-2H3. The lowest BCUT2D eigenvalue weighted by Gasteiger charge is -2.20. The number of ether oxygens (including phenoxy) is 2. The molecule has 112 valence electrons. The first kappa shape index (κ1) is 15.3. The van der Waals surface area contributed by atoms with E-state index in [-0.39, 0.29) is 11.9 Å². The van der Waals surface area contributed by atoms with E-state index >= 15 is 0 Å². The van der Waals surface area contributed by atoms with Crippen molar-refractivity contribution in [2.24, 2.45) is 5.92 Å². The Morgan fingerprint density at radius 2 is 2.35 bits per heavy atom. The summed E-state index contributed by atoms with van der Waals surface area (Å²) < 4.78 is 25.3. The van der Waals surface area contributed by atoms with Gasteiger partial charge in [-0.05, 0) is 38.4 Å². The maximum absolute atomic E-state index is 14.1. The Balaban J connectivity index is 2.04. The molecule has 1 aliphatic rings. The summed E-state index contributed by atoms with van der Waals surface area (Å²) in [5.41, 5.74) is 0.625. The van der Waals surface area contributed by atoms with E-state index in [1.165, 1.54) is 6.07 Å². The van der Waals surface area contributed by atoms with Gasteiger partial charge in [-0.2, -0.15) is 0 Å². The highest BCUT2D eigenvalue weighted by atomic mass is 19.1. The zero-order chi connectivity index (χ0) is 14.4. The lowest BCUT2D eigenvalue weighted by atomic mass is 10.1. The van der Waals surface area contributed by atoms with Crippen LogP contribution in [0.2, 0.25) is 0 Å². The zero-order valence-electron chi connectivity index (χ0n) is 12.3. The fraction of sp³-hybridized carbons (Fsp3) is 0.625. The highest BCUT2D eigenvalue weighted by Gasteiger charge is 2.20. The summed E-state index contributed by atoms with van der Waals surface area (Å²) in [6, 6.07) is 4.99. The molecule has 2 unspecified atom stereocenters. The van der Waals surface area contributed by atoms with Crippen LogP contribution in [0.3, 0.4) is 0 Å². The molecule has 1 N–H and O–H groups in total. The van der Waals surface area contributed by atoms with Crippen LogP contribution in [0.1, 0.15) is 38.3 Å². The molecule has 1 fully saturated rings. The topological polar surface area (TPSA) is 30.5 Å². The second-order valence-corrected chi connectivity index (χ2v) is 5.37. The summed E-state index contributed by atoms with van der Waals surface area (Å²) >= 11 is 0. The summed E-state index contributed by atoms with van der Waals surface area (Å²) in [6.45, 7) is 7.08. The van der Waals surface area contributed by atoms with Gasteiger partial charge in [-0.25, -0.2) is 4.39 Å². The lowest BCUT2D eigenvalue weighted by molar-refractivity contribution is 0.166. The molecule has 0 radical (unpaired) electrons. The first-order valence-electron chi connectivity index (χ1n) is 7.44. The van der Waals surface area contributed by atoms with E-state index in [9.17, 15) is 4.39 Å². The summed E-state index contributed by atoms with van der Waals surface area (Å²) in [4.78, 5) is 0. The minimum absolute atomic E-state index is 0.0500. The lowest BCUT2D eigenvalue weighted by Crippen LogP contribution is -2.22. The zero-order valence-corrected chi connectivity index (χ0v) is 12.3. The molecule has 1 aliphatic heterocycles. The normalized spacial score (nSPS) is 20.1. The molecule has 0 amide bonds. The SMILES string of the molecule is CCCNC(C)c1c(F)cccc1OCC1CCOC1. The third-order valence-electron chi connectivity index (χ3n) is 3.64. The van der Waals surface area contributed by atoms with Crippen LogP contribution in [0.5, 0.6) is 5.75 Å². The molecular weight excluding hydrogens is 257 g/mol. The average Bonchev–Trinajstić information content (AvgIpc) is 2.95. The van der Waals surface area contributed by atoms with E-state index in [0.29, 0.717) is 23.8 Å². The van der Waals surface area contributed by atoms with E-state index in [2.05, 4.69) is 12.2 Å². The molecule has 0 aromatic heterocycles. The fourth-order valence-electron chi connectivity index (χ4n) is 2.45. The Hall–Kier alpha value is -1.13. The van der Waals surface area contributed by atoms with E-state index < -0.39 is 0 Å². The first-order valence-corrected chi connectivity index (χ1v) is 7.44. The number of hydrogen-bond acceptors (Lipinski definition) is 3.